The molecule has 4 nitrogen and oxygen atoms in total. The van der Waals surface area contributed by atoms with E-state index in [0.717, 1.165) is 45.4 Å². The van der Waals surface area contributed by atoms with Crippen LogP contribution >= 0.6 is 0 Å². The minimum absolute atomic E-state index is 0.272. The van der Waals surface area contributed by atoms with Gasteiger partial charge in [0, 0.05) is 20.2 Å². The van der Waals surface area contributed by atoms with Gasteiger partial charge in [-0.25, -0.2) is 0 Å². The van der Waals surface area contributed by atoms with Crippen molar-refractivity contribution in [3.63, 3.8) is 0 Å². The summed E-state index contributed by atoms with van der Waals surface area (Å²) >= 11 is 0. The largest absolute Gasteiger partial charge is 0.384 e. The molecule has 2 aliphatic heterocycles. The lowest BCUT2D eigenvalue weighted by Crippen LogP contribution is -2.51. The summed E-state index contributed by atoms with van der Waals surface area (Å²) in [7, 11) is 1.71. The number of carbonyl (C=O) groups excluding carboxylic acids is 1. The van der Waals surface area contributed by atoms with Crippen LogP contribution in [0.4, 0.5) is 0 Å². The third-order valence-corrected chi connectivity index (χ3v) is 4.89. The molecule has 0 aliphatic carbocycles. The molecule has 2 heterocycles. The number of hydrogen-bond donors (Lipinski definition) is 1. The van der Waals surface area contributed by atoms with Crippen molar-refractivity contribution < 1.29 is 9.53 Å². The van der Waals surface area contributed by atoms with Crippen LogP contribution in [-0.4, -0.2) is 50.7 Å². The minimum atomic E-state index is -0.272. The molecule has 2 aliphatic rings. The monoisotopic (exact) mass is 268 g/mol. The maximum Gasteiger partial charge on any atom is 0.231 e. The molecule has 0 spiro atoms. The van der Waals surface area contributed by atoms with Gasteiger partial charge >= 0.3 is 0 Å². The zero-order chi connectivity index (χ0) is 13.9. The van der Waals surface area contributed by atoms with Crippen LogP contribution in [0.2, 0.25) is 0 Å². The Balaban J connectivity index is 2.04. The zero-order valence-electron chi connectivity index (χ0n) is 12.6. The van der Waals surface area contributed by atoms with Crippen LogP contribution in [0.25, 0.3) is 0 Å². The number of carbonyl (C=O) groups is 1. The molecule has 2 fully saturated rings. The fraction of sp³-hybridized carbons (Fsp3) is 0.933. The summed E-state index contributed by atoms with van der Waals surface area (Å²) in [5.41, 5.74) is -0.272. The summed E-state index contributed by atoms with van der Waals surface area (Å²) in [4.78, 5) is 15.0. The molecule has 4 heteroatoms. The molecule has 0 aromatic carbocycles. The van der Waals surface area contributed by atoms with Crippen molar-refractivity contribution in [2.24, 2.45) is 17.3 Å². The summed E-state index contributed by atoms with van der Waals surface area (Å²) in [5, 5.41) is 3.34. The van der Waals surface area contributed by atoms with Gasteiger partial charge in [0.1, 0.15) is 0 Å². The molecule has 19 heavy (non-hydrogen) atoms. The molecule has 1 amide bonds. The number of likely N-dealkylation sites (tertiary alicyclic amines) is 1. The van der Waals surface area contributed by atoms with Gasteiger partial charge < -0.3 is 15.0 Å². The predicted molar refractivity (Wildman–Crippen MR) is 75.9 cm³/mol. The van der Waals surface area contributed by atoms with E-state index in [1.54, 1.807) is 7.11 Å². The number of ether oxygens (including phenoxy) is 1. The highest BCUT2D eigenvalue weighted by atomic mass is 16.5. The fourth-order valence-electron chi connectivity index (χ4n) is 3.45. The summed E-state index contributed by atoms with van der Waals surface area (Å²) in [6.45, 7) is 8.81. The van der Waals surface area contributed by atoms with Gasteiger partial charge in [0.05, 0.1) is 12.0 Å². The van der Waals surface area contributed by atoms with Gasteiger partial charge in [-0.2, -0.15) is 0 Å². The number of methoxy groups -OCH3 is 1. The van der Waals surface area contributed by atoms with Gasteiger partial charge in [-0.15, -0.1) is 0 Å². The lowest BCUT2D eigenvalue weighted by molar-refractivity contribution is -0.146. The highest BCUT2D eigenvalue weighted by molar-refractivity contribution is 5.83. The Morgan fingerprint density at radius 1 is 1.42 bits per heavy atom. The lowest BCUT2D eigenvalue weighted by Gasteiger charge is -2.38. The maximum absolute atomic E-state index is 12.9. The van der Waals surface area contributed by atoms with Crippen molar-refractivity contribution in [1.29, 1.82) is 0 Å². The van der Waals surface area contributed by atoms with E-state index in [4.69, 9.17) is 4.74 Å². The van der Waals surface area contributed by atoms with E-state index in [0.29, 0.717) is 24.3 Å². The van der Waals surface area contributed by atoms with Crippen molar-refractivity contribution in [1.82, 2.24) is 10.2 Å². The minimum Gasteiger partial charge on any atom is -0.384 e. The summed E-state index contributed by atoms with van der Waals surface area (Å²) in [5.74, 6) is 1.67. The Labute approximate surface area is 116 Å². The van der Waals surface area contributed by atoms with Gasteiger partial charge in [-0.1, -0.05) is 13.8 Å². The van der Waals surface area contributed by atoms with E-state index in [9.17, 15) is 4.79 Å². The third kappa shape index (κ3) is 3.11. The molecular weight excluding hydrogens is 240 g/mol. The van der Waals surface area contributed by atoms with Crippen molar-refractivity contribution in [3.05, 3.63) is 0 Å². The Morgan fingerprint density at radius 2 is 2.11 bits per heavy atom. The first-order valence-electron chi connectivity index (χ1n) is 7.58. The number of nitrogens with one attached hydrogen (secondary N) is 1. The Hall–Kier alpha value is -0.610. The van der Waals surface area contributed by atoms with Crippen LogP contribution in [0.15, 0.2) is 0 Å². The number of rotatable bonds is 4. The van der Waals surface area contributed by atoms with Crippen LogP contribution in [0.5, 0.6) is 0 Å². The van der Waals surface area contributed by atoms with Crippen molar-refractivity contribution in [2.45, 2.75) is 33.1 Å². The van der Waals surface area contributed by atoms with Crippen LogP contribution in [0, 0.1) is 17.3 Å². The highest BCUT2D eigenvalue weighted by Gasteiger charge is 2.44. The maximum atomic E-state index is 12.9. The second-order valence-corrected chi connectivity index (χ2v) is 6.51. The molecule has 1 N–H and O–H groups in total. The van der Waals surface area contributed by atoms with Crippen molar-refractivity contribution >= 4 is 5.91 Å². The normalized spacial score (nSPS) is 26.9. The molecule has 0 radical (unpaired) electrons. The van der Waals surface area contributed by atoms with Gasteiger partial charge in [0.2, 0.25) is 5.91 Å². The summed E-state index contributed by atoms with van der Waals surface area (Å²) in [6.07, 6.45) is 2.97. The van der Waals surface area contributed by atoms with Crippen LogP contribution in [-0.2, 0) is 9.53 Å². The second-order valence-electron chi connectivity index (χ2n) is 6.51. The average Bonchev–Trinajstić information content (AvgIpc) is 2.89. The molecule has 1 unspecified atom stereocenters. The van der Waals surface area contributed by atoms with Gasteiger partial charge in [0.15, 0.2) is 0 Å². The number of piperidine rings is 1. The molecule has 110 valence electrons. The second kappa shape index (κ2) is 6.23. The SMILES string of the molecule is COCC1(C(=O)N2CCC(C(C)C)C2)CCNCC1. The van der Waals surface area contributed by atoms with Crippen molar-refractivity contribution in [3.8, 4) is 0 Å². The van der Waals surface area contributed by atoms with Gasteiger partial charge in [0.25, 0.3) is 0 Å². The number of nitrogens with zero attached hydrogens (tertiary/aromatic N) is 1. The highest BCUT2D eigenvalue weighted by Crippen LogP contribution is 2.34. The molecule has 0 aromatic heterocycles. The summed E-state index contributed by atoms with van der Waals surface area (Å²) < 4.78 is 5.36. The lowest BCUT2D eigenvalue weighted by atomic mass is 9.78. The molecule has 2 rings (SSSR count). The van der Waals surface area contributed by atoms with Crippen molar-refractivity contribution in [2.75, 3.05) is 39.9 Å². The Bertz CT molecular complexity index is 306. The number of hydrogen-bond acceptors (Lipinski definition) is 3. The van der Waals surface area contributed by atoms with E-state index < -0.39 is 0 Å². The Kier molecular flexibility index (Phi) is 4.85. The number of amides is 1. The average molecular weight is 268 g/mol. The first kappa shape index (κ1) is 14.8. The molecule has 0 bridgehead atoms. The molecular formula is C15H28N2O2. The van der Waals surface area contributed by atoms with Gasteiger partial charge in [-0.3, -0.25) is 4.79 Å². The summed E-state index contributed by atoms with van der Waals surface area (Å²) in [6, 6.07) is 0. The molecule has 0 aromatic rings. The van der Waals surface area contributed by atoms with E-state index >= 15 is 0 Å². The van der Waals surface area contributed by atoms with Crippen LogP contribution < -0.4 is 5.32 Å². The van der Waals surface area contributed by atoms with Gasteiger partial charge in [-0.05, 0) is 44.2 Å². The first-order valence-corrected chi connectivity index (χ1v) is 7.58. The first-order chi connectivity index (χ1) is 9.09. The smallest absolute Gasteiger partial charge is 0.231 e. The van der Waals surface area contributed by atoms with Crippen LogP contribution in [0.3, 0.4) is 0 Å². The quantitative estimate of drug-likeness (QED) is 0.840. The zero-order valence-corrected chi connectivity index (χ0v) is 12.6. The molecule has 2 saturated heterocycles. The van der Waals surface area contributed by atoms with E-state index in [2.05, 4.69) is 24.1 Å². The Morgan fingerprint density at radius 3 is 2.63 bits per heavy atom. The standard InChI is InChI=1S/C15H28N2O2/c1-12(2)13-4-9-17(10-13)14(18)15(11-19-3)5-7-16-8-6-15/h12-13,16H,4-11H2,1-3H3. The van der Waals surface area contributed by atoms with E-state index in [1.165, 1.54) is 0 Å². The molecule has 0 saturated carbocycles. The fourth-order valence-corrected chi connectivity index (χ4v) is 3.45. The topological polar surface area (TPSA) is 41.6 Å². The van der Waals surface area contributed by atoms with E-state index in [1.807, 2.05) is 0 Å². The predicted octanol–water partition coefficient (Wildman–Crippen LogP) is 1.51. The van der Waals surface area contributed by atoms with E-state index in [-0.39, 0.29) is 5.41 Å². The molecule has 1 atom stereocenters. The van der Waals surface area contributed by atoms with Crippen LogP contribution in [0.1, 0.15) is 33.1 Å². The third-order valence-electron chi connectivity index (χ3n) is 4.89.